The SMILES string of the molecule is O=C(NC(=O)c1c(Cl)cccc1Cl)Nc1ccc(-c2ccc(Br)cc2)nc1. The van der Waals surface area contributed by atoms with Crippen molar-refractivity contribution >= 4 is 56.8 Å². The van der Waals surface area contributed by atoms with Crippen LogP contribution in [0.2, 0.25) is 10.0 Å². The first kappa shape index (κ1) is 19.4. The predicted octanol–water partition coefficient (Wildman–Crippen LogP) is 5.78. The average Bonchev–Trinajstić information content (AvgIpc) is 2.63. The van der Waals surface area contributed by atoms with Crippen LogP contribution in [-0.2, 0) is 0 Å². The van der Waals surface area contributed by atoms with Crippen molar-refractivity contribution in [1.82, 2.24) is 10.3 Å². The number of halogens is 3. The van der Waals surface area contributed by atoms with E-state index in [0.29, 0.717) is 5.69 Å². The molecule has 1 heterocycles. The molecule has 0 radical (unpaired) electrons. The molecular formula is C19H12BrCl2N3O2. The zero-order valence-corrected chi connectivity index (χ0v) is 16.8. The molecule has 2 aromatic carbocycles. The van der Waals surface area contributed by atoms with Gasteiger partial charge in [0.25, 0.3) is 5.91 Å². The number of hydrogen-bond acceptors (Lipinski definition) is 3. The van der Waals surface area contributed by atoms with Crippen molar-refractivity contribution in [3.8, 4) is 11.3 Å². The van der Waals surface area contributed by atoms with Crippen molar-refractivity contribution in [3.05, 3.63) is 80.9 Å². The van der Waals surface area contributed by atoms with Gasteiger partial charge in [-0.05, 0) is 36.4 Å². The van der Waals surface area contributed by atoms with Crippen LogP contribution in [0, 0.1) is 0 Å². The predicted molar refractivity (Wildman–Crippen MR) is 110 cm³/mol. The summed E-state index contributed by atoms with van der Waals surface area (Å²) < 4.78 is 0.976. The van der Waals surface area contributed by atoms with E-state index < -0.39 is 11.9 Å². The largest absolute Gasteiger partial charge is 0.326 e. The maximum absolute atomic E-state index is 12.2. The molecule has 0 unspecified atom stereocenters. The number of anilines is 1. The van der Waals surface area contributed by atoms with E-state index in [1.807, 2.05) is 24.3 Å². The second kappa shape index (κ2) is 8.52. The molecule has 0 atom stereocenters. The van der Waals surface area contributed by atoms with Gasteiger partial charge in [-0.1, -0.05) is 57.3 Å². The number of hydrogen-bond donors (Lipinski definition) is 2. The lowest BCUT2D eigenvalue weighted by molar-refractivity contribution is 0.0967. The number of benzene rings is 2. The van der Waals surface area contributed by atoms with Crippen molar-refractivity contribution in [3.63, 3.8) is 0 Å². The van der Waals surface area contributed by atoms with Crippen LogP contribution >= 0.6 is 39.1 Å². The molecule has 0 bridgehead atoms. The van der Waals surface area contributed by atoms with Gasteiger partial charge in [0.05, 0.1) is 33.2 Å². The van der Waals surface area contributed by atoms with Crippen LogP contribution in [0.4, 0.5) is 10.5 Å². The number of carbonyl (C=O) groups excluding carboxylic acids is 2. The van der Waals surface area contributed by atoms with Gasteiger partial charge < -0.3 is 5.32 Å². The Kier molecular flexibility index (Phi) is 6.11. The van der Waals surface area contributed by atoms with E-state index in [2.05, 4.69) is 31.5 Å². The Morgan fingerprint density at radius 1 is 0.926 bits per heavy atom. The first-order valence-corrected chi connectivity index (χ1v) is 9.27. The Morgan fingerprint density at radius 2 is 1.59 bits per heavy atom. The molecule has 3 rings (SSSR count). The minimum absolute atomic E-state index is 0.0414. The van der Waals surface area contributed by atoms with Crippen LogP contribution in [0.1, 0.15) is 10.4 Å². The van der Waals surface area contributed by atoms with Gasteiger partial charge in [0.1, 0.15) is 0 Å². The molecule has 0 aliphatic carbocycles. The summed E-state index contributed by atoms with van der Waals surface area (Å²) in [6.07, 6.45) is 1.50. The van der Waals surface area contributed by atoms with Crippen LogP contribution in [0.25, 0.3) is 11.3 Å². The minimum Gasteiger partial charge on any atom is -0.306 e. The molecule has 0 saturated carbocycles. The molecule has 0 aliphatic rings. The zero-order valence-electron chi connectivity index (χ0n) is 13.7. The third-order valence-corrected chi connectivity index (χ3v) is 4.74. The van der Waals surface area contributed by atoms with Gasteiger partial charge >= 0.3 is 6.03 Å². The van der Waals surface area contributed by atoms with E-state index in [-0.39, 0.29) is 15.6 Å². The molecule has 5 nitrogen and oxygen atoms in total. The summed E-state index contributed by atoms with van der Waals surface area (Å²) in [5, 5.41) is 5.05. The Labute approximate surface area is 173 Å². The Bertz CT molecular complexity index is 973. The molecule has 136 valence electrons. The first-order valence-electron chi connectivity index (χ1n) is 7.72. The van der Waals surface area contributed by atoms with Crippen molar-refractivity contribution < 1.29 is 9.59 Å². The second-order valence-corrected chi connectivity index (χ2v) is 7.17. The second-order valence-electron chi connectivity index (χ2n) is 5.44. The fourth-order valence-electron chi connectivity index (χ4n) is 2.30. The molecule has 2 N–H and O–H groups in total. The number of imide groups is 1. The molecule has 27 heavy (non-hydrogen) atoms. The Balaban J connectivity index is 1.66. The van der Waals surface area contributed by atoms with Crippen LogP contribution in [-0.4, -0.2) is 16.9 Å². The fraction of sp³-hybridized carbons (Fsp3) is 0. The van der Waals surface area contributed by atoms with Crippen molar-refractivity contribution in [2.75, 3.05) is 5.32 Å². The fourth-order valence-corrected chi connectivity index (χ4v) is 3.14. The monoisotopic (exact) mass is 463 g/mol. The zero-order chi connectivity index (χ0) is 19.4. The summed E-state index contributed by atoms with van der Waals surface area (Å²) in [6.45, 7) is 0. The molecule has 0 fully saturated rings. The van der Waals surface area contributed by atoms with E-state index in [4.69, 9.17) is 23.2 Å². The van der Waals surface area contributed by atoms with Crippen molar-refractivity contribution in [2.45, 2.75) is 0 Å². The van der Waals surface area contributed by atoms with Gasteiger partial charge in [0.15, 0.2) is 0 Å². The molecule has 3 aromatic rings. The minimum atomic E-state index is -0.714. The van der Waals surface area contributed by atoms with E-state index in [1.165, 1.54) is 18.3 Å². The van der Waals surface area contributed by atoms with E-state index >= 15 is 0 Å². The van der Waals surface area contributed by atoms with Crippen molar-refractivity contribution in [1.29, 1.82) is 0 Å². The number of carbonyl (C=O) groups is 2. The third-order valence-electron chi connectivity index (χ3n) is 3.58. The van der Waals surface area contributed by atoms with E-state index in [1.54, 1.807) is 18.2 Å². The van der Waals surface area contributed by atoms with Crippen molar-refractivity contribution in [2.24, 2.45) is 0 Å². The highest BCUT2D eigenvalue weighted by molar-refractivity contribution is 9.10. The summed E-state index contributed by atoms with van der Waals surface area (Å²) in [5.41, 5.74) is 2.18. The number of aromatic nitrogens is 1. The highest BCUT2D eigenvalue weighted by atomic mass is 79.9. The lowest BCUT2D eigenvalue weighted by Crippen LogP contribution is -2.34. The molecule has 8 heteroatoms. The van der Waals surface area contributed by atoms with Gasteiger partial charge in [-0.25, -0.2) is 4.79 Å². The van der Waals surface area contributed by atoms with Crippen LogP contribution < -0.4 is 10.6 Å². The normalized spacial score (nSPS) is 10.3. The first-order chi connectivity index (χ1) is 12.9. The quantitative estimate of drug-likeness (QED) is 0.516. The Hall–Kier alpha value is -2.41. The van der Waals surface area contributed by atoms with E-state index in [0.717, 1.165) is 15.7 Å². The van der Waals surface area contributed by atoms with Crippen LogP contribution in [0.15, 0.2) is 65.3 Å². The number of amides is 3. The van der Waals surface area contributed by atoms with Gasteiger partial charge in [-0.3, -0.25) is 15.1 Å². The lowest BCUT2D eigenvalue weighted by atomic mass is 10.1. The summed E-state index contributed by atoms with van der Waals surface area (Å²) in [7, 11) is 0. The topological polar surface area (TPSA) is 71.1 Å². The molecule has 0 spiro atoms. The number of nitrogens with zero attached hydrogens (tertiary/aromatic N) is 1. The molecule has 1 aromatic heterocycles. The maximum atomic E-state index is 12.2. The molecule has 0 saturated heterocycles. The van der Waals surface area contributed by atoms with Gasteiger partial charge in [0.2, 0.25) is 0 Å². The standard InChI is InChI=1S/C19H12BrCl2N3O2/c20-12-6-4-11(5-7-12)16-9-8-13(10-23-16)24-19(27)25-18(26)17-14(21)2-1-3-15(17)22/h1-10H,(H2,24,25,26,27). The molecule has 3 amide bonds. The number of rotatable bonds is 3. The summed E-state index contributed by atoms with van der Waals surface area (Å²) >= 11 is 15.3. The Morgan fingerprint density at radius 3 is 2.19 bits per heavy atom. The third kappa shape index (κ3) is 4.86. The lowest BCUT2D eigenvalue weighted by Gasteiger charge is -2.09. The highest BCUT2D eigenvalue weighted by Gasteiger charge is 2.17. The van der Waals surface area contributed by atoms with Gasteiger partial charge in [-0.15, -0.1) is 0 Å². The van der Waals surface area contributed by atoms with Crippen LogP contribution in [0.5, 0.6) is 0 Å². The van der Waals surface area contributed by atoms with Gasteiger partial charge in [0, 0.05) is 10.0 Å². The maximum Gasteiger partial charge on any atom is 0.326 e. The summed E-state index contributed by atoms with van der Waals surface area (Å²) in [4.78, 5) is 28.6. The number of nitrogens with one attached hydrogen (secondary N) is 2. The number of pyridine rings is 1. The van der Waals surface area contributed by atoms with Crippen LogP contribution in [0.3, 0.4) is 0 Å². The molecule has 0 aliphatic heterocycles. The smallest absolute Gasteiger partial charge is 0.306 e. The summed E-state index contributed by atoms with van der Waals surface area (Å²) in [5.74, 6) is -0.692. The average molecular weight is 465 g/mol. The van der Waals surface area contributed by atoms with E-state index in [9.17, 15) is 9.59 Å². The molecular weight excluding hydrogens is 453 g/mol. The summed E-state index contributed by atoms with van der Waals surface area (Å²) in [6, 6.07) is 15.1. The highest BCUT2D eigenvalue weighted by Crippen LogP contribution is 2.24. The number of urea groups is 1. The van der Waals surface area contributed by atoms with Gasteiger partial charge in [-0.2, -0.15) is 0 Å².